The van der Waals surface area contributed by atoms with Gasteiger partial charge in [0, 0.05) is 22.4 Å². The van der Waals surface area contributed by atoms with Crippen molar-refractivity contribution < 1.29 is 9.21 Å². The summed E-state index contributed by atoms with van der Waals surface area (Å²) in [6.45, 7) is 0.633. The molecule has 3 aromatic rings. The molecule has 0 atom stereocenters. The molecule has 1 aliphatic carbocycles. The Kier molecular flexibility index (Phi) is 3.38. The number of rotatable bonds is 4. The van der Waals surface area contributed by atoms with Gasteiger partial charge in [0.25, 0.3) is 5.91 Å². The highest BCUT2D eigenvalue weighted by molar-refractivity contribution is 6.31. The Labute approximate surface area is 139 Å². The molecule has 116 valence electrons. The van der Waals surface area contributed by atoms with Crippen LogP contribution in [-0.2, 0) is 5.41 Å². The Morgan fingerprint density at radius 2 is 1.91 bits per heavy atom. The predicted octanol–water partition coefficient (Wildman–Crippen LogP) is 4.55. The SMILES string of the molecule is O=C(NCC1(c2ccccc2)CC1)c1cc2cc(Cl)ccc2o1. The van der Waals surface area contributed by atoms with E-state index in [1.54, 1.807) is 24.3 Å². The van der Waals surface area contributed by atoms with Crippen molar-refractivity contribution in [3.63, 3.8) is 0 Å². The van der Waals surface area contributed by atoms with Crippen LogP contribution in [-0.4, -0.2) is 12.5 Å². The van der Waals surface area contributed by atoms with E-state index in [1.165, 1.54) is 5.56 Å². The highest BCUT2D eigenvalue weighted by atomic mass is 35.5. The van der Waals surface area contributed by atoms with Crippen molar-refractivity contribution in [2.75, 3.05) is 6.54 Å². The number of amides is 1. The fourth-order valence-corrected chi connectivity index (χ4v) is 3.15. The van der Waals surface area contributed by atoms with Crippen molar-refractivity contribution >= 4 is 28.5 Å². The Balaban J connectivity index is 1.49. The number of nitrogens with one attached hydrogen (secondary N) is 1. The van der Waals surface area contributed by atoms with E-state index in [0.29, 0.717) is 22.9 Å². The molecule has 23 heavy (non-hydrogen) atoms. The zero-order valence-corrected chi connectivity index (χ0v) is 13.3. The number of benzene rings is 2. The van der Waals surface area contributed by atoms with Crippen LogP contribution in [0.4, 0.5) is 0 Å². The molecular formula is C19H16ClNO2. The number of halogens is 1. The molecule has 0 aliphatic heterocycles. The topological polar surface area (TPSA) is 42.2 Å². The summed E-state index contributed by atoms with van der Waals surface area (Å²) in [4.78, 5) is 12.4. The van der Waals surface area contributed by atoms with Gasteiger partial charge in [0.2, 0.25) is 0 Å². The second-order valence-corrected chi connectivity index (χ2v) is 6.56. The Bertz CT molecular complexity index is 865. The molecule has 2 aromatic carbocycles. The van der Waals surface area contributed by atoms with Gasteiger partial charge in [0.15, 0.2) is 5.76 Å². The second-order valence-electron chi connectivity index (χ2n) is 6.12. The first-order valence-electron chi connectivity index (χ1n) is 7.69. The summed E-state index contributed by atoms with van der Waals surface area (Å²) < 4.78 is 5.61. The summed E-state index contributed by atoms with van der Waals surface area (Å²) in [5.74, 6) is 0.144. The molecule has 4 heteroatoms. The Morgan fingerprint density at radius 1 is 1.13 bits per heavy atom. The number of carbonyl (C=O) groups excluding carboxylic acids is 1. The van der Waals surface area contributed by atoms with E-state index in [1.807, 2.05) is 18.2 Å². The largest absolute Gasteiger partial charge is 0.451 e. The minimum Gasteiger partial charge on any atom is -0.451 e. The van der Waals surface area contributed by atoms with Crippen molar-refractivity contribution in [1.82, 2.24) is 5.32 Å². The summed E-state index contributed by atoms with van der Waals surface area (Å²) in [7, 11) is 0. The number of furan rings is 1. The first-order valence-corrected chi connectivity index (χ1v) is 8.07. The van der Waals surface area contributed by atoms with Crippen LogP contribution in [0.15, 0.2) is 59.0 Å². The highest BCUT2D eigenvalue weighted by Crippen LogP contribution is 2.47. The molecule has 0 unspecified atom stereocenters. The third-order valence-electron chi connectivity index (χ3n) is 4.53. The second kappa shape index (κ2) is 5.43. The molecule has 0 radical (unpaired) electrons. The lowest BCUT2D eigenvalue weighted by atomic mass is 9.96. The van der Waals surface area contributed by atoms with Crippen molar-refractivity contribution in [2.24, 2.45) is 0 Å². The third-order valence-corrected chi connectivity index (χ3v) is 4.76. The average molecular weight is 326 g/mol. The standard InChI is InChI=1S/C19H16ClNO2/c20-15-6-7-16-13(10-15)11-17(23-16)18(22)21-12-19(8-9-19)14-4-2-1-3-5-14/h1-7,10-11H,8-9,12H2,(H,21,22). The summed E-state index contributed by atoms with van der Waals surface area (Å²) in [6, 6.07) is 17.4. The molecular weight excluding hydrogens is 310 g/mol. The summed E-state index contributed by atoms with van der Waals surface area (Å²) in [5, 5.41) is 4.48. The van der Waals surface area contributed by atoms with E-state index >= 15 is 0 Å². The molecule has 1 aliphatic rings. The van der Waals surface area contributed by atoms with E-state index in [2.05, 4.69) is 17.4 Å². The molecule has 1 heterocycles. The first-order chi connectivity index (χ1) is 11.2. The van der Waals surface area contributed by atoms with E-state index in [-0.39, 0.29) is 11.3 Å². The minimum atomic E-state index is -0.181. The maximum Gasteiger partial charge on any atom is 0.287 e. The van der Waals surface area contributed by atoms with Crippen LogP contribution >= 0.6 is 11.6 Å². The van der Waals surface area contributed by atoms with Crippen molar-refractivity contribution in [3.8, 4) is 0 Å². The summed E-state index contributed by atoms with van der Waals surface area (Å²) in [6.07, 6.45) is 2.21. The van der Waals surface area contributed by atoms with Crippen LogP contribution in [0, 0.1) is 0 Å². The van der Waals surface area contributed by atoms with Gasteiger partial charge in [-0.1, -0.05) is 41.9 Å². The van der Waals surface area contributed by atoms with Gasteiger partial charge in [-0.15, -0.1) is 0 Å². The third kappa shape index (κ3) is 2.73. The number of carbonyl (C=O) groups is 1. The van der Waals surface area contributed by atoms with E-state index in [0.717, 1.165) is 18.2 Å². The first kappa shape index (κ1) is 14.3. The number of hydrogen-bond acceptors (Lipinski definition) is 2. The number of hydrogen-bond donors (Lipinski definition) is 1. The average Bonchev–Trinajstić information content (AvgIpc) is 3.25. The molecule has 1 fully saturated rings. The van der Waals surface area contributed by atoms with Gasteiger partial charge in [-0.25, -0.2) is 0 Å². The molecule has 0 bridgehead atoms. The monoisotopic (exact) mass is 325 g/mol. The van der Waals surface area contributed by atoms with Crippen LogP contribution in [0.25, 0.3) is 11.0 Å². The number of fused-ring (bicyclic) bond motifs is 1. The van der Waals surface area contributed by atoms with Crippen molar-refractivity contribution in [2.45, 2.75) is 18.3 Å². The lowest BCUT2D eigenvalue weighted by molar-refractivity contribution is 0.0924. The molecule has 3 nitrogen and oxygen atoms in total. The van der Waals surface area contributed by atoms with E-state index in [9.17, 15) is 4.79 Å². The van der Waals surface area contributed by atoms with Crippen LogP contribution in [0.1, 0.15) is 29.0 Å². The van der Waals surface area contributed by atoms with Gasteiger partial charge in [-0.2, -0.15) is 0 Å². The zero-order valence-electron chi connectivity index (χ0n) is 12.5. The minimum absolute atomic E-state index is 0.0895. The van der Waals surface area contributed by atoms with Gasteiger partial charge >= 0.3 is 0 Å². The molecule has 1 aromatic heterocycles. The molecule has 0 saturated heterocycles. The fraction of sp³-hybridized carbons (Fsp3) is 0.211. The van der Waals surface area contributed by atoms with Gasteiger partial charge in [0.05, 0.1) is 0 Å². The maximum atomic E-state index is 12.4. The van der Waals surface area contributed by atoms with E-state index in [4.69, 9.17) is 16.0 Å². The molecule has 0 spiro atoms. The van der Waals surface area contributed by atoms with E-state index < -0.39 is 0 Å². The van der Waals surface area contributed by atoms with Gasteiger partial charge in [-0.3, -0.25) is 4.79 Å². The summed E-state index contributed by atoms with van der Waals surface area (Å²) in [5.41, 5.74) is 2.05. The normalized spacial score (nSPS) is 15.5. The molecule has 1 saturated carbocycles. The van der Waals surface area contributed by atoms with Gasteiger partial charge in [0.1, 0.15) is 5.58 Å². The lowest BCUT2D eigenvalue weighted by Crippen LogP contribution is -2.32. The molecule has 4 rings (SSSR count). The smallest absolute Gasteiger partial charge is 0.287 e. The van der Waals surface area contributed by atoms with Crippen LogP contribution in [0.2, 0.25) is 5.02 Å². The van der Waals surface area contributed by atoms with Crippen LogP contribution in [0.3, 0.4) is 0 Å². The Morgan fingerprint density at radius 3 is 2.65 bits per heavy atom. The van der Waals surface area contributed by atoms with Crippen molar-refractivity contribution in [1.29, 1.82) is 0 Å². The van der Waals surface area contributed by atoms with Crippen LogP contribution in [0.5, 0.6) is 0 Å². The quantitative estimate of drug-likeness (QED) is 0.764. The lowest BCUT2D eigenvalue weighted by Gasteiger charge is -2.15. The van der Waals surface area contributed by atoms with Gasteiger partial charge in [-0.05, 0) is 42.7 Å². The van der Waals surface area contributed by atoms with Crippen molar-refractivity contribution in [3.05, 3.63) is 70.9 Å². The van der Waals surface area contributed by atoms with Gasteiger partial charge < -0.3 is 9.73 Å². The maximum absolute atomic E-state index is 12.4. The molecule has 1 N–H and O–H groups in total. The summed E-state index contributed by atoms with van der Waals surface area (Å²) >= 11 is 5.96. The molecule has 1 amide bonds. The fourth-order valence-electron chi connectivity index (χ4n) is 2.97. The Hall–Kier alpha value is -2.26. The highest BCUT2D eigenvalue weighted by Gasteiger charge is 2.44. The zero-order chi connectivity index (χ0) is 15.9. The van der Waals surface area contributed by atoms with Crippen LogP contribution < -0.4 is 5.32 Å². The predicted molar refractivity (Wildman–Crippen MR) is 90.9 cm³/mol.